The summed E-state index contributed by atoms with van der Waals surface area (Å²) in [6.07, 6.45) is 2.30. The fourth-order valence-electron chi connectivity index (χ4n) is 1.98. The molecule has 3 heteroatoms. The molecule has 0 fully saturated rings. The average Bonchev–Trinajstić information content (AvgIpc) is 2.46. The molecule has 0 spiro atoms. The smallest absolute Gasteiger partial charge is 0.0699 e. The van der Waals surface area contributed by atoms with Crippen molar-refractivity contribution in [1.29, 1.82) is 0 Å². The first-order chi connectivity index (χ1) is 9.74. The predicted octanol–water partition coefficient (Wildman–Crippen LogP) is 3.35. The zero-order valence-electron chi connectivity index (χ0n) is 11.3. The van der Waals surface area contributed by atoms with Gasteiger partial charge in [-0.2, -0.15) is 0 Å². The van der Waals surface area contributed by atoms with Crippen molar-refractivity contribution >= 4 is 15.9 Å². The van der Waals surface area contributed by atoms with Gasteiger partial charge in [0, 0.05) is 17.6 Å². The van der Waals surface area contributed by atoms with Gasteiger partial charge in [0.15, 0.2) is 0 Å². The third-order valence-electron chi connectivity index (χ3n) is 3.04. The SMILES string of the molecule is OC([CH]Cc1ccccc1)CNCc1cccc(Br)c1. The third-order valence-corrected chi connectivity index (χ3v) is 3.53. The van der Waals surface area contributed by atoms with Crippen molar-refractivity contribution in [2.75, 3.05) is 6.54 Å². The molecule has 0 bridgehead atoms. The molecule has 1 atom stereocenters. The first kappa shape index (κ1) is 15.2. The van der Waals surface area contributed by atoms with E-state index in [4.69, 9.17) is 0 Å². The molecule has 1 unspecified atom stereocenters. The van der Waals surface area contributed by atoms with Crippen LogP contribution in [0.4, 0.5) is 0 Å². The molecule has 105 valence electrons. The van der Waals surface area contributed by atoms with E-state index < -0.39 is 6.10 Å². The standard InChI is InChI=1S/C17H19BrNO/c18-16-8-4-7-15(11-16)12-19-13-17(20)10-9-14-5-2-1-3-6-14/h1-8,10-11,17,19-20H,9,12-13H2. The fraction of sp³-hybridized carbons (Fsp3) is 0.235. The Balaban J connectivity index is 1.66. The number of aliphatic hydroxyl groups is 1. The zero-order valence-corrected chi connectivity index (χ0v) is 12.9. The molecule has 0 aromatic heterocycles. The Bertz CT molecular complexity index is 515. The monoisotopic (exact) mass is 332 g/mol. The van der Waals surface area contributed by atoms with Crippen molar-refractivity contribution < 1.29 is 5.11 Å². The summed E-state index contributed by atoms with van der Waals surface area (Å²) in [7, 11) is 0. The number of aliphatic hydroxyl groups excluding tert-OH is 1. The fourth-order valence-corrected chi connectivity index (χ4v) is 2.43. The molecule has 2 rings (SSSR count). The normalized spacial score (nSPS) is 12.3. The number of benzene rings is 2. The first-order valence-electron chi connectivity index (χ1n) is 6.74. The van der Waals surface area contributed by atoms with Gasteiger partial charge in [-0.15, -0.1) is 0 Å². The van der Waals surface area contributed by atoms with Gasteiger partial charge in [-0.05, 0) is 36.1 Å². The summed E-state index contributed by atoms with van der Waals surface area (Å²) in [5.41, 5.74) is 2.42. The molecular weight excluding hydrogens is 314 g/mol. The Morgan fingerprint density at radius 1 is 1.05 bits per heavy atom. The lowest BCUT2D eigenvalue weighted by Crippen LogP contribution is -2.27. The highest BCUT2D eigenvalue weighted by Gasteiger charge is 2.04. The highest BCUT2D eigenvalue weighted by Crippen LogP contribution is 2.11. The van der Waals surface area contributed by atoms with Crippen LogP contribution in [0.3, 0.4) is 0 Å². The molecule has 1 radical (unpaired) electrons. The Morgan fingerprint density at radius 3 is 2.55 bits per heavy atom. The van der Waals surface area contributed by atoms with Gasteiger partial charge in [0.1, 0.15) is 0 Å². The van der Waals surface area contributed by atoms with Crippen molar-refractivity contribution in [3.05, 3.63) is 76.6 Å². The van der Waals surface area contributed by atoms with E-state index in [0.717, 1.165) is 17.4 Å². The Hall–Kier alpha value is -1.16. The molecule has 2 nitrogen and oxygen atoms in total. The molecule has 0 heterocycles. The molecule has 0 aliphatic carbocycles. The third kappa shape index (κ3) is 5.45. The van der Waals surface area contributed by atoms with Crippen LogP contribution in [-0.4, -0.2) is 17.8 Å². The van der Waals surface area contributed by atoms with E-state index >= 15 is 0 Å². The van der Waals surface area contributed by atoms with Gasteiger partial charge in [-0.25, -0.2) is 0 Å². The highest BCUT2D eigenvalue weighted by atomic mass is 79.9. The zero-order chi connectivity index (χ0) is 14.2. The molecule has 0 saturated heterocycles. The van der Waals surface area contributed by atoms with Crippen molar-refractivity contribution in [2.45, 2.75) is 19.1 Å². The van der Waals surface area contributed by atoms with E-state index in [-0.39, 0.29) is 0 Å². The second-order valence-corrected chi connectivity index (χ2v) is 5.67. The Morgan fingerprint density at radius 2 is 1.80 bits per heavy atom. The van der Waals surface area contributed by atoms with Gasteiger partial charge < -0.3 is 10.4 Å². The molecule has 2 aromatic rings. The number of hydrogen-bond donors (Lipinski definition) is 2. The van der Waals surface area contributed by atoms with Crippen LogP contribution in [0.5, 0.6) is 0 Å². The minimum absolute atomic E-state index is 0.428. The van der Waals surface area contributed by atoms with Crippen LogP contribution in [0.1, 0.15) is 11.1 Å². The van der Waals surface area contributed by atoms with Gasteiger partial charge in [-0.3, -0.25) is 0 Å². The Kier molecular flexibility index (Phi) is 6.25. The van der Waals surface area contributed by atoms with Crippen molar-refractivity contribution in [3.8, 4) is 0 Å². The summed E-state index contributed by atoms with van der Waals surface area (Å²) in [5.74, 6) is 0. The van der Waals surface area contributed by atoms with Gasteiger partial charge in [0.25, 0.3) is 0 Å². The lowest BCUT2D eigenvalue weighted by atomic mass is 10.1. The van der Waals surface area contributed by atoms with Crippen LogP contribution in [0.25, 0.3) is 0 Å². The minimum Gasteiger partial charge on any atom is -0.391 e. The van der Waals surface area contributed by atoms with Crippen molar-refractivity contribution in [2.24, 2.45) is 0 Å². The second-order valence-electron chi connectivity index (χ2n) is 4.75. The molecular formula is C17H19BrNO. The number of nitrogens with one attached hydrogen (secondary N) is 1. The van der Waals surface area contributed by atoms with E-state index in [9.17, 15) is 5.11 Å². The summed E-state index contributed by atoms with van der Waals surface area (Å²) < 4.78 is 1.08. The van der Waals surface area contributed by atoms with Gasteiger partial charge in [-0.1, -0.05) is 58.4 Å². The first-order valence-corrected chi connectivity index (χ1v) is 7.54. The van der Waals surface area contributed by atoms with Crippen molar-refractivity contribution in [1.82, 2.24) is 5.32 Å². The summed E-state index contributed by atoms with van der Waals surface area (Å²) in [5, 5.41) is 13.2. The topological polar surface area (TPSA) is 32.3 Å². The van der Waals surface area contributed by atoms with Crippen molar-refractivity contribution in [3.63, 3.8) is 0 Å². The van der Waals surface area contributed by atoms with E-state index in [1.165, 1.54) is 11.1 Å². The molecule has 2 N–H and O–H groups in total. The lowest BCUT2D eigenvalue weighted by molar-refractivity contribution is 0.200. The molecule has 0 aliphatic heterocycles. The van der Waals surface area contributed by atoms with E-state index in [1.54, 1.807) is 0 Å². The largest absolute Gasteiger partial charge is 0.391 e. The minimum atomic E-state index is -0.428. The molecule has 0 saturated carbocycles. The second kappa shape index (κ2) is 8.20. The average molecular weight is 333 g/mol. The van der Waals surface area contributed by atoms with E-state index in [1.807, 2.05) is 36.8 Å². The van der Waals surface area contributed by atoms with Gasteiger partial charge >= 0.3 is 0 Å². The molecule has 0 amide bonds. The predicted molar refractivity (Wildman–Crippen MR) is 86.3 cm³/mol. The summed E-state index contributed by atoms with van der Waals surface area (Å²) >= 11 is 3.45. The number of rotatable bonds is 7. The highest BCUT2D eigenvalue weighted by molar-refractivity contribution is 9.10. The lowest BCUT2D eigenvalue weighted by Gasteiger charge is -2.11. The van der Waals surface area contributed by atoms with Crippen LogP contribution < -0.4 is 5.32 Å². The number of halogens is 1. The molecule has 20 heavy (non-hydrogen) atoms. The van der Waals surface area contributed by atoms with Crippen LogP contribution >= 0.6 is 15.9 Å². The van der Waals surface area contributed by atoms with Crippen LogP contribution in [0, 0.1) is 6.42 Å². The number of hydrogen-bond acceptors (Lipinski definition) is 2. The maximum Gasteiger partial charge on any atom is 0.0699 e. The molecule has 0 aliphatic rings. The van der Waals surface area contributed by atoms with E-state index in [2.05, 4.69) is 45.5 Å². The molecule has 2 aromatic carbocycles. The van der Waals surface area contributed by atoms with Gasteiger partial charge in [0.2, 0.25) is 0 Å². The van der Waals surface area contributed by atoms with Crippen LogP contribution in [-0.2, 0) is 13.0 Å². The quantitative estimate of drug-likeness (QED) is 0.814. The summed E-state index contributed by atoms with van der Waals surface area (Å²) in [4.78, 5) is 0. The van der Waals surface area contributed by atoms with Gasteiger partial charge in [0.05, 0.1) is 6.10 Å². The van der Waals surface area contributed by atoms with Crippen LogP contribution in [0.15, 0.2) is 59.1 Å². The van der Waals surface area contributed by atoms with E-state index in [0.29, 0.717) is 6.54 Å². The summed E-state index contributed by atoms with van der Waals surface area (Å²) in [6, 6.07) is 18.3. The Labute approximate surface area is 129 Å². The maximum atomic E-state index is 9.92. The van der Waals surface area contributed by atoms with Crippen LogP contribution in [0.2, 0.25) is 0 Å². The maximum absolute atomic E-state index is 9.92. The summed E-state index contributed by atoms with van der Waals surface area (Å²) in [6.45, 7) is 1.33.